The fourth-order valence-corrected chi connectivity index (χ4v) is 6.64. The largest absolute Gasteiger partial charge is 0.508 e. The molecule has 0 saturated heterocycles. The van der Waals surface area contributed by atoms with Crippen LogP contribution in [0, 0.1) is 24.2 Å². The van der Waals surface area contributed by atoms with Gasteiger partial charge in [0, 0.05) is 17.2 Å². The molecule has 3 aliphatic carbocycles. The van der Waals surface area contributed by atoms with Crippen LogP contribution in [-0.2, 0) is 6.42 Å². The van der Waals surface area contributed by atoms with Crippen molar-refractivity contribution in [2.45, 2.75) is 65.2 Å². The first-order valence-corrected chi connectivity index (χ1v) is 11.6. The molecule has 1 aromatic carbocycles. The van der Waals surface area contributed by atoms with E-state index in [4.69, 9.17) is 4.42 Å². The molecule has 2 N–H and O–H groups in total. The summed E-state index contributed by atoms with van der Waals surface area (Å²) in [5.41, 5.74) is 3.70. The van der Waals surface area contributed by atoms with Crippen LogP contribution < -0.4 is 5.63 Å². The number of aromatic hydroxyl groups is 2. The van der Waals surface area contributed by atoms with E-state index < -0.39 is 5.63 Å². The number of rotatable bonds is 2. The lowest BCUT2D eigenvalue weighted by Crippen LogP contribution is -2.42. The van der Waals surface area contributed by atoms with E-state index in [0.717, 1.165) is 44.2 Å². The number of aryl methyl sites for hydroxylation is 2. The summed E-state index contributed by atoms with van der Waals surface area (Å²) in [6.45, 7) is 5.64. The number of benzene rings is 1. The first-order valence-electron chi connectivity index (χ1n) is 11.6. The van der Waals surface area contributed by atoms with Gasteiger partial charge in [-0.1, -0.05) is 13.0 Å². The fourth-order valence-electron chi connectivity index (χ4n) is 6.64. The Labute approximate surface area is 187 Å². The van der Waals surface area contributed by atoms with Gasteiger partial charge in [0.05, 0.1) is 5.71 Å². The quantitative estimate of drug-likeness (QED) is 0.509. The Balaban J connectivity index is 1.43. The zero-order valence-electron chi connectivity index (χ0n) is 18.9. The van der Waals surface area contributed by atoms with Gasteiger partial charge < -0.3 is 14.6 Å². The minimum atomic E-state index is -0.591. The third-order valence-corrected chi connectivity index (χ3v) is 8.19. The maximum Gasteiger partial charge on any atom is 0.348 e. The second kappa shape index (κ2) is 7.61. The van der Waals surface area contributed by atoms with Gasteiger partial charge >= 0.3 is 5.63 Å². The van der Waals surface area contributed by atoms with E-state index in [1.807, 2.05) is 12.1 Å². The summed E-state index contributed by atoms with van der Waals surface area (Å²) in [6.07, 6.45) is 6.36. The van der Waals surface area contributed by atoms with Crippen LogP contribution >= 0.6 is 0 Å². The predicted molar refractivity (Wildman–Crippen MR) is 124 cm³/mol. The summed E-state index contributed by atoms with van der Waals surface area (Å²) >= 11 is 0. The van der Waals surface area contributed by atoms with Crippen LogP contribution in [-0.4, -0.2) is 21.6 Å². The Bertz CT molecular complexity index is 1190. The molecule has 32 heavy (non-hydrogen) atoms. The average Bonchev–Trinajstić information content (AvgIpc) is 3.07. The van der Waals surface area contributed by atoms with Crippen LogP contribution in [0.4, 0.5) is 0 Å². The highest BCUT2D eigenvalue weighted by Crippen LogP contribution is 2.60. The Morgan fingerprint density at radius 1 is 1.16 bits per heavy atom. The van der Waals surface area contributed by atoms with Gasteiger partial charge in [-0.05, 0) is 93.4 Å². The molecular weight excluding hydrogens is 404 g/mol. The number of hydrogen-bond acceptors (Lipinski definition) is 6. The second-order valence-electron chi connectivity index (χ2n) is 9.93. The van der Waals surface area contributed by atoms with E-state index in [2.05, 4.69) is 23.2 Å². The van der Waals surface area contributed by atoms with Crippen molar-refractivity contribution in [1.82, 2.24) is 0 Å². The third-order valence-electron chi connectivity index (χ3n) is 8.19. The zero-order valence-corrected chi connectivity index (χ0v) is 18.9. The molecule has 2 aromatic rings. The zero-order chi connectivity index (χ0) is 22.6. The lowest BCUT2D eigenvalue weighted by Gasteiger charge is -2.49. The van der Waals surface area contributed by atoms with Gasteiger partial charge in [-0.3, -0.25) is 0 Å². The maximum atomic E-state index is 12.2. The minimum Gasteiger partial charge on any atom is -0.508 e. The molecule has 3 aliphatic rings. The molecular formula is C26H30N2O4. The molecule has 0 unspecified atom stereocenters. The van der Waals surface area contributed by atoms with Crippen molar-refractivity contribution in [2.75, 3.05) is 0 Å². The predicted octanol–water partition coefficient (Wildman–Crippen LogP) is 5.08. The van der Waals surface area contributed by atoms with Crippen molar-refractivity contribution in [3.05, 3.63) is 57.1 Å². The average molecular weight is 435 g/mol. The molecule has 2 fully saturated rings. The molecule has 6 heteroatoms. The highest BCUT2D eigenvalue weighted by Gasteiger charge is 2.53. The van der Waals surface area contributed by atoms with Crippen LogP contribution in [0.2, 0.25) is 0 Å². The van der Waals surface area contributed by atoms with Gasteiger partial charge in [0.25, 0.3) is 0 Å². The number of hydrogen-bond donors (Lipinski definition) is 2. The van der Waals surface area contributed by atoms with Gasteiger partial charge in [0.1, 0.15) is 22.8 Å². The smallest absolute Gasteiger partial charge is 0.348 e. The molecule has 5 rings (SSSR count). The Hall–Kier alpha value is -2.89. The molecule has 4 atom stereocenters. The van der Waals surface area contributed by atoms with E-state index in [0.29, 0.717) is 35.0 Å². The summed E-state index contributed by atoms with van der Waals surface area (Å²) in [6, 6.07) is 7.32. The Kier molecular flexibility index (Phi) is 4.99. The van der Waals surface area contributed by atoms with Crippen LogP contribution in [0.5, 0.6) is 11.5 Å². The highest BCUT2D eigenvalue weighted by atomic mass is 16.4. The van der Waals surface area contributed by atoms with Gasteiger partial charge in [0.2, 0.25) is 0 Å². The third kappa shape index (κ3) is 3.28. The first kappa shape index (κ1) is 21.0. The summed E-state index contributed by atoms with van der Waals surface area (Å²) in [7, 11) is 0. The molecule has 0 aliphatic heterocycles. The van der Waals surface area contributed by atoms with Crippen molar-refractivity contribution in [1.29, 1.82) is 0 Å². The Morgan fingerprint density at radius 3 is 2.75 bits per heavy atom. The summed E-state index contributed by atoms with van der Waals surface area (Å²) in [5, 5.41) is 29.1. The van der Waals surface area contributed by atoms with Crippen molar-refractivity contribution in [3.63, 3.8) is 0 Å². The minimum absolute atomic E-state index is 0.0133. The van der Waals surface area contributed by atoms with Gasteiger partial charge in [-0.2, -0.15) is 10.2 Å². The molecule has 1 aromatic heterocycles. The molecule has 1 heterocycles. The lowest BCUT2D eigenvalue weighted by molar-refractivity contribution is 0.0955. The monoisotopic (exact) mass is 434 g/mol. The molecule has 6 nitrogen and oxygen atoms in total. The Morgan fingerprint density at radius 2 is 1.97 bits per heavy atom. The number of phenolic OH excluding ortho intramolecular Hbond substituents is 1. The van der Waals surface area contributed by atoms with Crippen LogP contribution in [0.1, 0.15) is 74.3 Å². The van der Waals surface area contributed by atoms with Crippen molar-refractivity contribution in [3.8, 4) is 11.5 Å². The van der Waals surface area contributed by atoms with E-state index >= 15 is 0 Å². The molecule has 0 bridgehead atoms. The molecule has 0 radical (unpaired) electrons. The number of fused-ring (bicyclic) bond motifs is 5. The van der Waals surface area contributed by atoms with E-state index in [9.17, 15) is 15.0 Å². The standard InChI is InChI=1S/C26H30N2O4/c1-14-12-22(30)24(25(31)32-14)15(2)27-28-23-9-8-21-20-6-4-16-13-17(29)5-7-18(16)19(20)10-11-26(21,23)3/h5,7,12-13,19-21,29-30H,4,6,8-11H2,1-3H3/b27-15?,28-23-/t19-,20+,21+,26+/m0/s1. The maximum absolute atomic E-state index is 12.2. The molecule has 0 amide bonds. The van der Waals surface area contributed by atoms with Crippen LogP contribution in [0.3, 0.4) is 0 Å². The van der Waals surface area contributed by atoms with E-state index in [1.165, 1.54) is 17.2 Å². The topological polar surface area (TPSA) is 95.4 Å². The fraction of sp³-hybridized carbons (Fsp3) is 0.500. The van der Waals surface area contributed by atoms with Crippen LogP contribution in [0.25, 0.3) is 0 Å². The van der Waals surface area contributed by atoms with Gasteiger partial charge in [-0.15, -0.1) is 0 Å². The van der Waals surface area contributed by atoms with Gasteiger partial charge in [0.15, 0.2) is 0 Å². The molecule has 168 valence electrons. The summed E-state index contributed by atoms with van der Waals surface area (Å²) < 4.78 is 5.12. The first-order chi connectivity index (χ1) is 15.3. The van der Waals surface area contributed by atoms with Crippen molar-refractivity contribution in [2.24, 2.45) is 27.5 Å². The number of nitrogens with zero attached hydrogens (tertiary/aromatic N) is 2. The van der Waals surface area contributed by atoms with Crippen molar-refractivity contribution < 1.29 is 14.6 Å². The SMILES string of the molecule is CC(=N/N=C1/CC[C@@H]2[C@@H]3CCc4cc(O)ccc4[C@@H]3CC[C@@]12C)c1c(O)cc(C)oc1=O. The molecule has 0 spiro atoms. The summed E-state index contributed by atoms with van der Waals surface area (Å²) in [5.74, 6) is 2.34. The normalized spacial score (nSPS) is 30.7. The van der Waals surface area contributed by atoms with E-state index in [1.54, 1.807) is 13.8 Å². The second-order valence-corrected chi connectivity index (χ2v) is 9.93. The number of phenols is 1. The lowest BCUT2D eigenvalue weighted by atomic mass is 9.55. The van der Waals surface area contributed by atoms with Crippen molar-refractivity contribution >= 4 is 11.4 Å². The van der Waals surface area contributed by atoms with Crippen LogP contribution in [0.15, 0.2) is 43.7 Å². The highest BCUT2D eigenvalue weighted by molar-refractivity contribution is 6.01. The molecule has 2 saturated carbocycles. The van der Waals surface area contributed by atoms with Gasteiger partial charge in [-0.25, -0.2) is 4.79 Å². The van der Waals surface area contributed by atoms with E-state index in [-0.39, 0.29) is 16.7 Å². The summed E-state index contributed by atoms with van der Waals surface area (Å²) in [4.78, 5) is 12.2.